The third-order valence-electron chi connectivity index (χ3n) is 5.27. The van der Waals surface area contributed by atoms with Crippen LogP contribution in [0.4, 0.5) is 14.5 Å². The molecular weight excluding hydrogens is 406 g/mol. The maximum Gasteiger partial charge on any atom is 0.586 e. The summed E-state index contributed by atoms with van der Waals surface area (Å²) in [5, 5.41) is 2.36. The molecule has 2 aliphatic heterocycles. The summed E-state index contributed by atoms with van der Waals surface area (Å²) in [7, 11) is 0. The second-order valence-electron chi connectivity index (χ2n) is 7.30. The first-order chi connectivity index (χ1) is 14.2. The normalized spacial score (nSPS) is 23.9. The van der Waals surface area contributed by atoms with Crippen molar-refractivity contribution < 1.29 is 42.2 Å². The van der Waals surface area contributed by atoms with Crippen molar-refractivity contribution in [3.63, 3.8) is 0 Å². The molecule has 3 aliphatic rings. The topological polar surface area (TPSA) is 111 Å². The van der Waals surface area contributed by atoms with Crippen molar-refractivity contribution >= 4 is 29.4 Å². The van der Waals surface area contributed by atoms with E-state index < -0.39 is 31.3 Å². The van der Waals surface area contributed by atoms with Gasteiger partial charge in [0.2, 0.25) is 11.8 Å². The Hall–Kier alpha value is -3.24. The fourth-order valence-electron chi connectivity index (χ4n) is 3.93. The number of halogens is 2. The second kappa shape index (κ2) is 7.54. The number of carbonyl (C=O) groups excluding carboxylic acids is 4. The number of alkyl halides is 2. The SMILES string of the molecule is O=C(COC(=O)CN1C(=O)C2CCCCC2C1=O)Nc1ccc2c(c1)OC(F)(F)O2. The minimum atomic E-state index is -3.78. The monoisotopic (exact) mass is 424 g/mol. The largest absolute Gasteiger partial charge is 0.586 e. The van der Waals surface area contributed by atoms with Crippen LogP contribution in [0, 0.1) is 11.8 Å². The first kappa shape index (κ1) is 20.0. The van der Waals surface area contributed by atoms with Crippen molar-refractivity contribution in [1.82, 2.24) is 4.90 Å². The number of amides is 3. The van der Waals surface area contributed by atoms with Gasteiger partial charge in [0, 0.05) is 11.8 Å². The number of fused-ring (bicyclic) bond motifs is 2. The number of rotatable bonds is 5. The van der Waals surface area contributed by atoms with E-state index >= 15 is 0 Å². The molecule has 1 aromatic carbocycles. The summed E-state index contributed by atoms with van der Waals surface area (Å²) in [6.07, 6.45) is -0.774. The highest BCUT2D eigenvalue weighted by atomic mass is 19.3. The molecule has 0 spiro atoms. The standard InChI is InChI=1S/C19H18F2N2O7/c20-19(21)29-13-6-5-10(7-14(13)30-19)22-15(24)9-28-16(25)8-23-17(26)11-3-1-2-4-12(11)18(23)27/h5-7,11-12H,1-4,8-9H2,(H,22,24). The van der Waals surface area contributed by atoms with Gasteiger partial charge in [0.15, 0.2) is 18.1 Å². The number of nitrogens with zero attached hydrogens (tertiary/aromatic N) is 1. The molecule has 160 valence electrons. The van der Waals surface area contributed by atoms with Crippen LogP contribution in [0.2, 0.25) is 0 Å². The molecule has 9 nitrogen and oxygen atoms in total. The van der Waals surface area contributed by atoms with Gasteiger partial charge in [-0.3, -0.25) is 24.1 Å². The number of carbonyl (C=O) groups is 4. The number of esters is 1. The Kier molecular flexibility index (Phi) is 5.04. The molecule has 1 saturated carbocycles. The van der Waals surface area contributed by atoms with E-state index in [4.69, 9.17) is 4.74 Å². The average Bonchev–Trinajstić information content (AvgIpc) is 3.13. The summed E-state index contributed by atoms with van der Waals surface area (Å²) < 4.78 is 39.4. The molecule has 11 heteroatoms. The summed E-state index contributed by atoms with van der Waals surface area (Å²) in [4.78, 5) is 49.6. The van der Waals surface area contributed by atoms with Gasteiger partial charge in [0.1, 0.15) is 6.54 Å². The molecular formula is C19H18F2N2O7. The van der Waals surface area contributed by atoms with Gasteiger partial charge in [0.25, 0.3) is 5.91 Å². The molecule has 2 heterocycles. The van der Waals surface area contributed by atoms with Crippen LogP contribution in [-0.2, 0) is 23.9 Å². The molecule has 0 aromatic heterocycles. The lowest BCUT2D eigenvalue weighted by Gasteiger charge is -2.19. The Balaban J connectivity index is 1.27. The molecule has 1 aliphatic carbocycles. The molecule has 0 bridgehead atoms. The Labute approximate surface area is 169 Å². The van der Waals surface area contributed by atoms with Gasteiger partial charge in [-0.1, -0.05) is 12.8 Å². The van der Waals surface area contributed by atoms with Gasteiger partial charge in [-0.15, -0.1) is 8.78 Å². The van der Waals surface area contributed by atoms with Crippen molar-refractivity contribution in [2.24, 2.45) is 11.8 Å². The lowest BCUT2D eigenvalue weighted by atomic mass is 9.81. The van der Waals surface area contributed by atoms with E-state index in [9.17, 15) is 28.0 Å². The van der Waals surface area contributed by atoms with E-state index in [0.717, 1.165) is 23.8 Å². The minimum absolute atomic E-state index is 0.130. The van der Waals surface area contributed by atoms with E-state index in [1.807, 2.05) is 0 Å². The van der Waals surface area contributed by atoms with Crippen LogP contribution in [0.5, 0.6) is 11.5 Å². The van der Waals surface area contributed by atoms with Crippen LogP contribution in [0.15, 0.2) is 18.2 Å². The maximum atomic E-state index is 13.0. The Morgan fingerprint density at radius 3 is 2.40 bits per heavy atom. The highest BCUT2D eigenvalue weighted by Gasteiger charge is 2.48. The van der Waals surface area contributed by atoms with Crippen molar-refractivity contribution in [2.45, 2.75) is 32.0 Å². The smallest absolute Gasteiger partial charge is 0.454 e. The molecule has 2 fully saturated rings. The van der Waals surface area contributed by atoms with E-state index in [0.29, 0.717) is 12.8 Å². The predicted octanol–water partition coefficient (Wildman–Crippen LogP) is 1.66. The highest BCUT2D eigenvalue weighted by Crippen LogP contribution is 2.42. The van der Waals surface area contributed by atoms with Crippen molar-refractivity contribution in [3.05, 3.63) is 18.2 Å². The third-order valence-corrected chi connectivity index (χ3v) is 5.27. The molecule has 1 saturated heterocycles. The van der Waals surface area contributed by atoms with E-state index in [1.165, 1.54) is 12.1 Å². The van der Waals surface area contributed by atoms with Gasteiger partial charge < -0.3 is 19.5 Å². The molecule has 1 aromatic rings. The van der Waals surface area contributed by atoms with Gasteiger partial charge in [0.05, 0.1) is 11.8 Å². The average molecular weight is 424 g/mol. The second-order valence-corrected chi connectivity index (χ2v) is 7.30. The molecule has 0 radical (unpaired) electrons. The molecule has 3 amide bonds. The Bertz CT molecular complexity index is 896. The number of hydrogen-bond donors (Lipinski definition) is 1. The van der Waals surface area contributed by atoms with Crippen LogP contribution in [-0.4, -0.2) is 48.0 Å². The summed E-state index contributed by atoms with van der Waals surface area (Å²) in [6, 6.07) is 3.65. The van der Waals surface area contributed by atoms with Crippen molar-refractivity contribution in [2.75, 3.05) is 18.5 Å². The van der Waals surface area contributed by atoms with Crippen LogP contribution in [0.25, 0.3) is 0 Å². The summed E-state index contributed by atoms with van der Waals surface area (Å²) in [5.74, 6) is -3.54. The molecule has 1 N–H and O–H groups in total. The number of benzene rings is 1. The molecule has 2 unspecified atom stereocenters. The van der Waals surface area contributed by atoms with E-state index in [2.05, 4.69) is 14.8 Å². The number of likely N-dealkylation sites (tertiary alicyclic amines) is 1. The number of anilines is 1. The lowest BCUT2D eigenvalue weighted by molar-refractivity contribution is -0.286. The van der Waals surface area contributed by atoms with Gasteiger partial charge in [-0.05, 0) is 25.0 Å². The van der Waals surface area contributed by atoms with Crippen LogP contribution in [0.1, 0.15) is 25.7 Å². The van der Waals surface area contributed by atoms with Gasteiger partial charge in [-0.25, -0.2) is 0 Å². The van der Waals surface area contributed by atoms with E-state index in [-0.39, 0.29) is 40.8 Å². The lowest BCUT2D eigenvalue weighted by Crippen LogP contribution is -2.37. The number of hydrogen-bond acceptors (Lipinski definition) is 7. The van der Waals surface area contributed by atoms with Gasteiger partial charge in [-0.2, -0.15) is 0 Å². The quantitative estimate of drug-likeness (QED) is 0.565. The summed E-state index contributed by atoms with van der Waals surface area (Å²) in [6.45, 7) is -1.22. The summed E-state index contributed by atoms with van der Waals surface area (Å²) >= 11 is 0. The van der Waals surface area contributed by atoms with E-state index in [1.54, 1.807) is 0 Å². The third kappa shape index (κ3) is 3.91. The number of nitrogens with one attached hydrogen (secondary N) is 1. The number of imide groups is 1. The number of ether oxygens (including phenoxy) is 3. The molecule has 4 rings (SSSR count). The fourth-order valence-corrected chi connectivity index (χ4v) is 3.93. The van der Waals surface area contributed by atoms with Gasteiger partial charge >= 0.3 is 12.3 Å². The zero-order chi connectivity index (χ0) is 21.5. The zero-order valence-electron chi connectivity index (χ0n) is 15.7. The zero-order valence-corrected chi connectivity index (χ0v) is 15.7. The first-order valence-corrected chi connectivity index (χ1v) is 9.44. The van der Waals surface area contributed by atoms with Crippen molar-refractivity contribution in [3.8, 4) is 11.5 Å². The predicted molar refractivity (Wildman–Crippen MR) is 94.4 cm³/mol. The Morgan fingerprint density at radius 1 is 1.10 bits per heavy atom. The van der Waals surface area contributed by atoms with Crippen LogP contribution < -0.4 is 14.8 Å². The Morgan fingerprint density at radius 2 is 1.73 bits per heavy atom. The van der Waals surface area contributed by atoms with Crippen LogP contribution >= 0.6 is 0 Å². The summed E-state index contributed by atoms with van der Waals surface area (Å²) in [5.41, 5.74) is 0.130. The van der Waals surface area contributed by atoms with Crippen molar-refractivity contribution in [1.29, 1.82) is 0 Å². The van der Waals surface area contributed by atoms with Crippen LogP contribution in [0.3, 0.4) is 0 Å². The first-order valence-electron chi connectivity index (χ1n) is 9.44. The fraction of sp³-hybridized carbons (Fsp3) is 0.474. The minimum Gasteiger partial charge on any atom is -0.454 e. The maximum absolute atomic E-state index is 13.0. The molecule has 2 atom stereocenters. The molecule has 30 heavy (non-hydrogen) atoms. The highest BCUT2D eigenvalue weighted by molar-refractivity contribution is 6.07.